The second kappa shape index (κ2) is 7.35. The van der Waals surface area contributed by atoms with Crippen LogP contribution in [0.15, 0.2) is 53.1 Å². The zero-order valence-electron chi connectivity index (χ0n) is 15.9. The molecule has 1 fully saturated rings. The summed E-state index contributed by atoms with van der Waals surface area (Å²) in [6.45, 7) is 6.72. The number of carbonyl (C=O) groups is 1. The maximum atomic E-state index is 13.0. The van der Waals surface area contributed by atoms with Crippen LogP contribution in [-0.4, -0.2) is 23.6 Å². The van der Waals surface area contributed by atoms with Gasteiger partial charge in [-0.25, -0.2) is 0 Å². The van der Waals surface area contributed by atoms with E-state index >= 15 is 0 Å². The van der Waals surface area contributed by atoms with Crippen LogP contribution < -0.4 is 10.2 Å². The van der Waals surface area contributed by atoms with Crippen LogP contribution in [0.4, 0.5) is 11.4 Å². The molecule has 1 N–H and O–H groups in total. The number of para-hydroxylation sites is 2. The normalized spacial score (nSPS) is 13.9. The highest BCUT2D eigenvalue weighted by Crippen LogP contribution is 2.29. The number of rotatable bonds is 5. The van der Waals surface area contributed by atoms with Crippen LogP contribution in [0.5, 0.6) is 0 Å². The third-order valence-corrected chi connectivity index (χ3v) is 5.31. The fraction of sp³-hybridized carbons (Fsp3) is 0.318. The fourth-order valence-corrected chi connectivity index (χ4v) is 3.84. The number of nitrogens with one attached hydrogen (secondary N) is 1. The van der Waals surface area contributed by atoms with Gasteiger partial charge < -0.3 is 19.2 Å². The standard InChI is InChI=1S/C22H25N3O2/c1-16-14-19(17(2)25(16)15-18-8-7-13-27-18)22(26)23-20-9-3-4-10-21(20)24-11-5-6-12-24/h3-4,7-10,13-14H,5-6,11-12,15H2,1-2H3,(H,23,26). The van der Waals surface area contributed by atoms with Crippen LogP contribution in [0.1, 0.15) is 40.3 Å². The summed E-state index contributed by atoms with van der Waals surface area (Å²) in [6, 6.07) is 13.8. The van der Waals surface area contributed by atoms with Crippen molar-refractivity contribution < 1.29 is 9.21 Å². The Labute approximate surface area is 159 Å². The Morgan fingerprint density at radius 3 is 2.63 bits per heavy atom. The van der Waals surface area contributed by atoms with Crippen molar-refractivity contribution in [2.75, 3.05) is 23.3 Å². The van der Waals surface area contributed by atoms with Crippen molar-refractivity contribution in [1.82, 2.24) is 4.57 Å². The lowest BCUT2D eigenvalue weighted by Gasteiger charge is -2.21. The summed E-state index contributed by atoms with van der Waals surface area (Å²) in [4.78, 5) is 15.3. The largest absolute Gasteiger partial charge is 0.467 e. The Bertz CT molecular complexity index is 935. The van der Waals surface area contributed by atoms with E-state index in [2.05, 4.69) is 20.9 Å². The van der Waals surface area contributed by atoms with Crippen molar-refractivity contribution >= 4 is 17.3 Å². The van der Waals surface area contributed by atoms with Crippen LogP contribution in [0.25, 0.3) is 0 Å². The molecule has 140 valence electrons. The van der Waals surface area contributed by atoms with Crippen LogP contribution in [0, 0.1) is 13.8 Å². The molecule has 1 aromatic carbocycles. The number of hydrogen-bond donors (Lipinski definition) is 1. The predicted molar refractivity (Wildman–Crippen MR) is 108 cm³/mol. The molecule has 0 aliphatic carbocycles. The number of nitrogens with zero attached hydrogens (tertiary/aromatic N) is 2. The average Bonchev–Trinajstić information content (AvgIpc) is 3.41. The topological polar surface area (TPSA) is 50.4 Å². The van der Waals surface area contributed by atoms with Gasteiger partial charge in [0.15, 0.2) is 0 Å². The number of benzene rings is 1. The van der Waals surface area contributed by atoms with E-state index in [1.54, 1.807) is 6.26 Å². The monoisotopic (exact) mass is 363 g/mol. The van der Waals surface area contributed by atoms with E-state index in [0.717, 1.165) is 41.6 Å². The molecule has 0 radical (unpaired) electrons. The van der Waals surface area contributed by atoms with E-state index in [1.807, 2.05) is 50.2 Å². The lowest BCUT2D eigenvalue weighted by atomic mass is 10.2. The van der Waals surface area contributed by atoms with Crippen molar-refractivity contribution in [2.45, 2.75) is 33.2 Å². The maximum Gasteiger partial charge on any atom is 0.257 e. The molecule has 1 amide bonds. The molecule has 1 aliphatic rings. The van der Waals surface area contributed by atoms with Crippen molar-refractivity contribution in [1.29, 1.82) is 0 Å². The molecule has 3 heterocycles. The summed E-state index contributed by atoms with van der Waals surface area (Å²) in [7, 11) is 0. The zero-order valence-corrected chi connectivity index (χ0v) is 15.9. The van der Waals surface area contributed by atoms with Crippen LogP contribution in [-0.2, 0) is 6.54 Å². The predicted octanol–water partition coefficient (Wildman–Crippen LogP) is 4.60. The molecule has 4 rings (SSSR count). The van der Waals surface area contributed by atoms with Gasteiger partial charge in [0.05, 0.1) is 29.7 Å². The van der Waals surface area contributed by atoms with Gasteiger partial charge in [-0.2, -0.15) is 0 Å². The second-order valence-corrected chi connectivity index (χ2v) is 7.12. The molecule has 5 nitrogen and oxygen atoms in total. The number of anilines is 2. The van der Waals surface area contributed by atoms with Gasteiger partial charge in [0, 0.05) is 24.5 Å². The molecular formula is C22H25N3O2. The highest BCUT2D eigenvalue weighted by molar-refractivity contribution is 6.07. The van der Waals surface area contributed by atoms with Crippen LogP contribution in [0.3, 0.4) is 0 Å². The van der Waals surface area contributed by atoms with E-state index in [9.17, 15) is 4.79 Å². The van der Waals surface area contributed by atoms with Crippen LogP contribution in [0.2, 0.25) is 0 Å². The highest BCUT2D eigenvalue weighted by atomic mass is 16.3. The van der Waals surface area contributed by atoms with Gasteiger partial charge in [0.1, 0.15) is 5.76 Å². The summed E-state index contributed by atoms with van der Waals surface area (Å²) < 4.78 is 7.57. The molecule has 3 aromatic rings. The summed E-state index contributed by atoms with van der Waals surface area (Å²) in [6.07, 6.45) is 4.08. The lowest BCUT2D eigenvalue weighted by Crippen LogP contribution is -2.21. The lowest BCUT2D eigenvalue weighted by molar-refractivity contribution is 0.102. The average molecular weight is 363 g/mol. The Kier molecular flexibility index (Phi) is 4.75. The van der Waals surface area contributed by atoms with E-state index in [4.69, 9.17) is 4.42 Å². The van der Waals surface area contributed by atoms with Gasteiger partial charge >= 0.3 is 0 Å². The van der Waals surface area contributed by atoms with Crippen molar-refractivity contribution in [3.05, 3.63) is 71.4 Å². The fourth-order valence-electron chi connectivity index (χ4n) is 3.84. The SMILES string of the molecule is Cc1cc(C(=O)Nc2ccccc2N2CCCC2)c(C)n1Cc1ccco1. The Morgan fingerprint density at radius 2 is 1.89 bits per heavy atom. The minimum atomic E-state index is -0.0690. The first-order chi connectivity index (χ1) is 13.1. The van der Waals surface area contributed by atoms with Gasteiger partial charge in [0.25, 0.3) is 5.91 Å². The molecule has 27 heavy (non-hydrogen) atoms. The molecule has 5 heteroatoms. The minimum Gasteiger partial charge on any atom is -0.467 e. The number of furan rings is 1. The molecule has 0 atom stereocenters. The van der Waals surface area contributed by atoms with Gasteiger partial charge in [-0.05, 0) is 57.0 Å². The van der Waals surface area contributed by atoms with E-state index in [0.29, 0.717) is 12.1 Å². The first-order valence-electron chi connectivity index (χ1n) is 9.48. The summed E-state index contributed by atoms with van der Waals surface area (Å²) in [5, 5.41) is 3.13. The first-order valence-corrected chi connectivity index (χ1v) is 9.48. The molecule has 0 saturated carbocycles. The van der Waals surface area contributed by atoms with E-state index in [-0.39, 0.29) is 5.91 Å². The van der Waals surface area contributed by atoms with Crippen molar-refractivity contribution in [3.63, 3.8) is 0 Å². The van der Waals surface area contributed by atoms with E-state index in [1.165, 1.54) is 12.8 Å². The number of aromatic nitrogens is 1. The van der Waals surface area contributed by atoms with Crippen molar-refractivity contribution in [2.24, 2.45) is 0 Å². The third-order valence-electron chi connectivity index (χ3n) is 5.31. The Hall–Kier alpha value is -2.95. The summed E-state index contributed by atoms with van der Waals surface area (Å²) >= 11 is 0. The number of hydrogen-bond acceptors (Lipinski definition) is 3. The molecule has 0 bridgehead atoms. The van der Waals surface area contributed by atoms with Gasteiger partial charge in [-0.15, -0.1) is 0 Å². The molecule has 0 unspecified atom stereocenters. The maximum absolute atomic E-state index is 13.0. The molecule has 0 spiro atoms. The smallest absolute Gasteiger partial charge is 0.257 e. The first kappa shape index (κ1) is 17.5. The molecule has 1 aliphatic heterocycles. The van der Waals surface area contributed by atoms with Crippen LogP contribution >= 0.6 is 0 Å². The van der Waals surface area contributed by atoms with Crippen molar-refractivity contribution in [3.8, 4) is 0 Å². The Balaban J connectivity index is 1.57. The quantitative estimate of drug-likeness (QED) is 0.721. The van der Waals surface area contributed by atoms with Gasteiger partial charge in [-0.1, -0.05) is 12.1 Å². The molecule has 2 aromatic heterocycles. The summed E-state index contributed by atoms with van der Waals surface area (Å²) in [5.74, 6) is 0.809. The van der Waals surface area contributed by atoms with Gasteiger partial charge in [0.2, 0.25) is 0 Å². The molecular weight excluding hydrogens is 338 g/mol. The number of amides is 1. The Morgan fingerprint density at radius 1 is 1.11 bits per heavy atom. The highest BCUT2D eigenvalue weighted by Gasteiger charge is 2.20. The second-order valence-electron chi connectivity index (χ2n) is 7.12. The number of aryl methyl sites for hydroxylation is 1. The minimum absolute atomic E-state index is 0.0690. The summed E-state index contributed by atoms with van der Waals surface area (Å²) in [5.41, 5.74) is 4.67. The number of carbonyl (C=O) groups excluding carboxylic acids is 1. The zero-order chi connectivity index (χ0) is 18.8. The molecule has 1 saturated heterocycles. The van der Waals surface area contributed by atoms with E-state index < -0.39 is 0 Å². The third kappa shape index (κ3) is 3.50. The van der Waals surface area contributed by atoms with Gasteiger partial charge in [-0.3, -0.25) is 4.79 Å².